The zero-order valence-corrected chi connectivity index (χ0v) is 15.6. The van der Waals surface area contributed by atoms with Crippen LogP contribution in [0.2, 0.25) is 0 Å². The van der Waals surface area contributed by atoms with Crippen LogP contribution in [0.1, 0.15) is 56.7 Å². The number of hydrogen-bond acceptors (Lipinski definition) is 5. The SMILES string of the molecule is O=C(C1CCCCC1)N1CCC(c2nc(-c3nccs3)cc(=O)[nH]2)CC1. The van der Waals surface area contributed by atoms with Crippen LogP contribution >= 0.6 is 11.3 Å². The molecule has 0 aromatic carbocycles. The van der Waals surface area contributed by atoms with Crippen LogP contribution in [0.5, 0.6) is 0 Å². The van der Waals surface area contributed by atoms with Crippen LogP contribution in [0.4, 0.5) is 0 Å². The Morgan fingerprint density at radius 1 is 1.15 bits per heavy atom. The smallest absolute Gasteiger partial charge is 0.251 e. The molecule has 1 N–H and O–H groups in total. The monoisotopic (exact) mass is 372 g/mol. The summed E-state index contributed by atoms with van der Waals surface area (Å²) in [5, 5.41) is 2.65. The summed E-state index contributed by atoms with van der Waals surface area (Å²) in [4.78, 5) is 38.6. The van der Waals surface area contributed by atoms with Crippen LogP contribution in [0.3, 0.4) is 0 Å². The van der Waals surface area contributed by atoms with Crippen LogP contribution in [0.25, 0.3) is 10.7 Å². The standard InChI is InChI=1S/C19H24N4O2S/c24-16-12-15(18-20-8-11-26-18)21-17(22-16)13-6-9-23(10-7-13)19(25)14-4-2-1-3-5-14/h8,11-14H,1-7,9-10H2,(H,21,22,24). The van der Waals surface area contributed by atoms with Crippen molar-refractivity contribution in [3.8, 4) is 10.7 Å². The number of likely N-dealkylation sites (tertiary alicyclic amines) is 1. The van der Waals surface area contributed by atoms with Crippen molar-refractivity contribution < 1.29 is 4.79 Å². The first-order valence-electron chi connectivity index (χ1n) is 9.50. The highest BCUT2D eigenvalue weighted by atomic mass is 32.1. The quantitative estimate of drug-likeness (QED) is 0.897. The van der Waals surface area contributed by atoms with E-state index >= 15 is 0 Å². The second kappa shape index (κ2) is 7.70. The normalized spacial score (nSPS) is 19.6. The zero-order chi connectivity index (χ0) is 17.9. The average molecular weight is 372 g/mol. The Labute approximate surface area is 156 Å². The van der Waals surface area contributed by atoms with E-state index in [2.05, 4.69) is 15.0 Å². The number of rotatable bonds is 3. The van der Waals surface area contributed by atoms with Crippen molar-refractivity contribution in [2.24, 2.45) is 5.92 Å². The number of carbonyl (C=O) groups excluding carboxylic acids is 1. The molecule has 1 amide bonds. The van der Waals surface area contributed by atoms with E-state index in [-0.39, 0.29) is 17.4 Å². The Hall–Kier alpha value is -2.02. The van der Waals surface area contributed by atoms with E-state index in [4.69, 9.17) is 0 Å². The molecule has 6 nitrogen and oxygen atoms in total. The van der Waals surface area contributed by atoms with Gasteiger partial charge in [-0.1, -0.05) is 19.3 Å². The molecule has 7 heteroatoms. The van der Waals surface area contributed by atoms with Crippen LogP contribution in [-0.2, 0) is 4.79 Å². The molecular weight excluding hydrogens is 348 g/mol. The highest BCUT2D eigenvalue weighted by Crippen LogP contribution is 2.30. The fraction of sp³-hybridized carbons (Fsp3) is 0.579. The van der Waals surface area contributed by atoms with Gasteiger partial charge in [0.05, 0.1) is 0 Å². The van der Waals surface area contributed by atoms with Gasteiger partial charge in [0, 0.05) is 42.6 Å². The largest absolute Gasteiger partial charge is 0.342 e. The van der Waals surface area contributed by atoms with Gasteiger partial charge in [0.25, 0.3) is 5.56 Å². The third kappa shape index (κ3) is 3.72. The van der Waals surface area contributed by atoms with E-state index in [1.54, 1.807) is 6.20 Å². The van der Waals surface area contributed by atoms with Crippen LogP contribution in [-0.4, -0.2) is 38.8 Å². The Balaban J connectivity index is 1.43. The molecule has 0 bridgehead atoms. The maximum absolute atomic E-state index is 12.7. The second-order valence-electron chi connectivity index (χ2n) is 7.29. The van der Waals surface area contributed by atoms with Gasteiger partial charge in [-0.25, -0.2) is 9.97 Å². The number of nitrogens with one attached hydrogen (secondary N) is 1. The molecular formula is C19H24N4O2S. The number of H-pyrrole nitrogens is 1. The van der Waals surface area contributed by atoms with E-state index in [1.807, 2.05) is 10.3 Å². The van der Waals surface area contributed by atoms with Gasteiger partial charge in [0.2, 0.25) is 5.91 Å². The highest BCUT2D eigenvalue weighted by molar-refractivity contribution is 7.13. The Morgan fingerprint density at radius 2 is 1.92 bits per heavy atom. The van der Waals surface area contributed by atoms with Crippen LogP contribution in [0, 0.1) is 5.92 Å². The fourth-order valence-electron chi connectivity index (χ4n) is 4.11. The predicted octanol–water partition coefficient (Wildman–Crippen LogP) is 3.18. The minimum atomic E-state index is -0.138. The summed E-state index contributed by atoms with van der Waals surface area (Å²) < 4.78 is 0. The first kappa shape index (κ1) is 17.4. The first-order valence-corrected chi connectivity index (χ1v) is 10.4. The van der Waals surface area contributed by atoms with E-state index in [0.717, 1.165) is 49.6 Å². The average Bonchev–Trinajstić information content (AvgIpc) is 3.23. The maximum atomic E-state index is 12.7. The Kier molecular flexibility index (Phi) is 5.15. The zero-order valence-electron chi connectivity index (χ0n) is 14.8. The fourth-order valence-corrected chi connectivity index (χ4v) is 4.71. The topological polar surface area (TPSA) is 79.0 Å². The van der Waals surface area contributed by atoms with Gasteiger partial charge < -0.3 is 9.88 Å². The van der Waals surface area contributed by atoms with Gasteiger partial charge in [0.1, 0.15) is 16.5 Å². The van der Waals surface area contributed by atoms with Crippen molar-refractivity contribution in [2.75, 3.05) is 13.1 Å². The molecule has 2 aromatic heterocycles. The number of nitrogens with zero attached hydrogens (tertiary/aromatic N) is 3. The molecule has 1 aliphatic heterocycles. The lowest BCUT2D eigenvalue weighted by atomic mass is 9.87. The number of carbonyl (C=O) groups is 1. The van der Waals surface area contributed by atoms with Crippen LogP contribution < -0.4 is 5.56 Å². The third-order valence-electron chi connectivity index (χ3n) is 5.56. The van der Waals surface area contributed by atoms with Crippen molar-refractivity contribution in [3.05, 3.63) is 33.8 Å². The highest BCUT2D eigenvalue weighted by Gasteiger charge is 2.30. The molecule has 1 saturated heterocycles. The molecule has 2 fully saturated rings. The molecule has 1 aliphatic carbocycles. The van der Waals surface area contributed by atoms with E-state index in [9.17, 15) is 9.59 Å². The molecule has 2 aliphatic rings. The summed E-state index contributed by atoms with van der Waals surface area (Å²) in [6.45, 7) is 1.51. The summed E-state index contributed by atoms with van der Waals surface area (Å²) in [7, 11) is 0. The van der Waals surface area contributed by atoms with Gasteiger partial charge in [-0.05, 0) is 25.7 Å². The van der Waals surface area contributed by atoms with E-state index in [1.165, 1.54) is 36.7 Å². The summed E-state index contributed by atoms with van der Waals surface area (Å²) in [6.07, 6.45) is 9.14. The lowest BCUT2D eigenvalue weighted by Crippen LogP contribution is -2.42. The van der Waals surface area contributed by atoms with Gasteiger partial charge >= 0.3 is 0 Å². The second-order valence-corrected chi connectivity index (χ2v) is 8.18. The van der Waals surface area contributed by atoms with E-state index in [0.29, 0.717) is 11.6 Å². The number of aromatic nitrogens is 3. The Bertz CT molecular complexity index is 803. The molecule has 0 spiro atoms. The lowest BCUT2D eigenvalue weighted by Gasteiger charge is -2.34. The summed E-state index contributed by atoms with van der Waals surface area (Å²) in [6, 6.07) is 1.50. The molecule has 4 rings (SSSR count). The summed E-state index contributed by atoms with van der Waals surface area (Å²) in [5.41, 5.74) is 0.500. The molecule has 26 heavy (non-hydrogen) atoms. The number of thiazole rings is 1. The van der Waals surface area contributed by atoms with Gasteiger partial charge in [-0.2, -0.15) is 0 Å². The maximum Gasteiger partial charge on any atom is 0.251 e. The number of hydrogen-bond donors (Lipinski definition) is 1. The van der Waals surface area contributed by atoms with Crippen LogP contribution in [0.15, 0.2) is 22.4 Å². The van der Waals surface area contributed by atoms with Crippen molar-refractivity contribution in [1.29, 1.82) is 0 Å². The molecule has 3 heterocycles. The molecule has 0 radical (unpaired) electrons. The van der Waals surface area contributed by atoms with E-state index < -0.39 is 0 Å². The molecule has 138 valence electrons. The summed E-state index contributed by atoms with van der Waals surface area (Å²) in [5.74, 6) is 1.48. The Morgan fingerprint density at radius 3 is 2.62 bits per heavy atom. The number of piperidine rings is 1. The van der Waals surface area contributed by atoms with Crippen molar-refractivity contribution in [3.63, 3.8) is 0 Å². The first-order chi connectivity index (χ1) is 12.7. The van der Waals surface area contributed by atoms with Gasteiger partial charge in [0.15, 0.2) is 0 Å². The molecule has 0 unspecified atom stereocenters. The van der Waals surface area contributed by atoms with Gasteiger partial charge in [-0.3, -0.25) is 9.59 Å². The van der Waals surface area contributed by atoms with Crippen molar-refractivity contribution in [2.45, 2.75) is 50.9 Å². The summed E-state index contributed by atoms with van der Waals surface area (Å²) >= 11 is 1.48. The number of amides is 1. The minimum Gasteiger partial charge on any atom is -0.342 e. The molecule has 0 atom stereocenters. The third-order valence-corrected chi connectivity index (χ3v) is 6.35. The predicted molar refractivity (Wildman–Crippen MR) is 101 cm³/mol. The minimum absolute atomic E-state index is 0.138. The van der Waals surface area contributed by atoms with Gasteiger partial charge in [-0.15, -0.1) is 11.3 Å². The van der Waals surface area contributed by atoms with Crippen molar-refractivity contribution in [1.82, 2.24) is 19.9 Å². The number of aromatic amines is 1. The molecule has 1 saturated carbocycles. The lowest BCUT2D eigenvalue weighted by molar-refractivity contribution is -0.137. The molecule has 2 aromatic rings. The van der Waals surface area contributed by atoms with Crippen molar-refractivity contribution >= 4 is 17.2 Å².